The van der Waals surface area contributed by atoms with Crippen LogP contribution < -0.4 is 9.47 Å². The molecule has 1 saturated heterocycles. The molecule has 0 N–H and O–H groups in total. The molecule has 0 atom stereocenters. The summed E-state index contributed by atoms with van der Waals surface area (Å²) in [6.45, 7) is 8.71. The molecule has 210 valence electrons. The zero-order valence-corrected chi connectivity index (χ0v) is 24.2. The fourth-order valence-corrected chi connectivity index (χ4v) is 5.59. The number of benzene rings is 2. The first kappa shape index (κ1) is 28.2. The number of carbonyl (C=O) groups excluding carboxylic acids is 1. The van der Waals surface area contributed by atoms with E-state index in [0.717, 1.165) is 60.6 Å². The largest absolute Gasteiger partial charge is 0.476 e. The highest BCUT2D eigenvalue weighted by Crippen LogP contribution is 2.42. The molecule has 3 aromatic rings. The average molecular weight is 561 g/mol. The summed E-state index contributed by atoms with van der Waals surface area (Å²) < 4.78 is 17.8. The van der Waals surface area contributed by atoms with Crippen LogP contribution in [0.5, 0.6) is 17.4 Å². The zero-order valence-electron chi connectivity index (χ0n) is 23.5. The van der Waals surface area contributed by atoms with Crippen molar-refractivity contribution in [1.29, 1.82) is 0 Å². The molecular weight excluding hydrogens is 524 g/mol. The van der Waals surface area contributed by atoms with Gasteiger partial charge in [0.2, 0.25) is 5.88 Å². The lowest BCUT2D eigenvalue weighted by Gasteiger charge is -2.32. The summed E-state index contributed by atoms with van der Waals surface area (Å²) >= 11 is 6.07. The van der Waals surface area contributed by atoms with Crippen LogP contribution in [0.3, 0.4) is 0 Å². The Bertz CT molecular complexity index is 1360. The number of hydrogen-bond acceptors (Lipinski definition) is 6. The Balaban J connectivity index is 1.30. The van der Waals surface area contributed by atoms with Crippen molar-refractivity contribution in [3.8, 4) is 17.4 Å². The number of pyridine rings is 1. The van der Waals surface area contributed by atoms with Crippen molar-refractivity contribution in [2.75, 3.05) is 26.2 Å². The molecule has 2 aromatic carbocycles. The SMILES string of the molecule is CCOC(=O)C(C)(C)Oc1cccc2c1C/C(=C/CCN1CCC(c3ccc(Cl)cc3)CC1)c1cccnc1O2. The van der Waals surface area contributed by atoms with Gasteiger partial charge in [-0.25, -0.2) is 9.78 Å². The Kier molecular flexibility index (Phi) is 8.77. The molecule has 2 aliphatic heterocycles. The first-order valence-corrected chi connectivity index (χ1v) is 14.5. The summed E-state index contributed by atoms with van der Waals surface area (Å²) in [4.78, 5) is 19.6. The van der Waals surface area contributed by atoms with E-state index in [4.69, 9.17) is 25.8 Å². The lowest BCUT2D eigenvalue weighted by Crippen LogP contribution is -2.40. The normalized spacial score (nSPS) is 16.9. The Morgan fingerprint density at radius 2 is 1.90 bits per heavy atom. The van der Waals surface area contributed by atoms with E-state index in [9.17, 15) is 4.79 Å². The van der Waals surface area contributed by atoms with Crippen molar-refractivity contribution >= 4 is 23.1 Å². The third-order valence-corrected chi connectivity index (χ3v) is 7.93. The standard InChI is InChI=1S/C33H37ClN2O4/c1-4-38-32(37)33(2,3)40-30-11-5-10-29-28(30)22-25(27-9-6-18-35-31(27)39-29)8-7-19-36-20-16-24(17-21-36)23-12-14-26(34)15-13-23/h5-6,8-15,18,24H,4,7,16-17,19-22H2,1-3H3/b25-8-. The van der Waals surface area contributed by atoms with Crippen LogP contribution in [0.2, 0.25) is 5.02 Å². The molecule has 0 spiro atoms. The highest BCUT2D eigenvalue weighted by atomic mass is 35.5. The molecule has 0 unspecified atom stereocenters. The molecule has 7 heteroatoms. The van der Waals surface area contributed by atoms with Crippen molar-refractivity contribution in [2.24, 2.45) is 0 Å². The van der Waals surface area contributed by atoms with E-state index in [1.807, 2.05) is 36.4 Å². The number of hydrogen-bond donors (Lipinski definition) is 0. The van der Waals surface area contributed by atoms with Gasteiger partial charge in [0, 0.05) is 35.3 Å². The molecular formula is C33H37ClN2O4. The number of rotatable bonds is 8. The molecule has 3 heterocycles. The Hall–Kier alpha value is -3.35. The molecule has 2 aliphatic rings. The number of esters is 1. The summed E-state index contributed by atoms with van der Waals surface area (Å²) in [6, 6.07) is 18.0. The number of piperidine rings is 1. The van der Waals surface area contributed by atoms with Crippen LogP contribution in [0.4, 0.5) is 0 Å². The molecule has 0 aliphatic carbocycles. The van der Waals surface area contributed by atoms with Crippen molar-refractivity contribution in [3.05, 3.63) is 88.6 Å². The molecule has 5 rings (SSSR count). The van der Waals surface area contributed by atoms with Gasteiger partial charge in [-0.1, -0.05) is 35.9 Å². The molecule has 0 amide bonds. The van der Waals surface area contributed by atoms with Gasteiger partial charge in [-0.05, 0) is 107 Å². The van der Waals surface area contributed by atoms with E-state index >= 15 is 0 Å². The van der Waals surface area contributed by atoms with Crippen LogP contribution in [0.1, 0.15) is 62.6 Å². The van der Waals surface area contributed by atoms with Gasteiger partial charge in [0.15, 0.2) is 5.60 Å². The molecule has 6 nitrogen and oxygen atoms in total. The predicted octanol–water partition coefficient (Wildman–Crippen LogP) is 7.46. The van der Waals surface area contributed by atoms with Crippen LogP contribution in [0, 0.1) is 0 Å². The number of carbonyl (C=O) groups is 1. The van der Waals surface area contributed by atoms with Crippen molar-refractivity contribution < 1.29 is 19.0 Å². The first-order valence-electron chi connectivity index (χ1n) is 14.1. The fraction of sp³-hybridized carbons (Fsp3) is 0.394. The quantitative estimate of drug-likeness (QED) is 0.266. The van der Waals surface area contributed by atoms with Gasteiger partial charge >= 0.3 is 5.97 Å². The molecule has 0 radical (unpaired) electrons. The zero-order chi connectivity index (χ0) is 28.1. The summed E-state index contributed by atoms with van der Waals surface area (Å²) in [6.07, 6.45) is 7.89. The van der Waals surface area contributed by atoms with Crippen molar-refractivity contribution in [1.82, 2.24) is 9.88 Å². The number of allylic oxidation sites excluding steroid dienone is 1. The monoisotopic (exact) mass is 560 g/mol. The number of likely N-dealkylation sites (tertiary alicyclic amines) is 1. The van der Waals surface area contributed by atoms with Crippen molar-refractivity contribution in [3.63, 3.8) is 0 Å². The Morgan fingerprint density at radius 1 is 1.12 bits per heavy atom. The number of fused-ring (bicyclic) bond motifs is 2. The van der Waals surface area contributed by atoms with Crippen LogP contribution in [-0.4, -0.2) is 47.7 Å². The maximum Gasteiger partial charge on any atom is 0.349 e. The Morgan fingerprint density at radius 3 is 2.65 bits per heavy atom. The summed E-state index contributed by atoms with van der Waals surface area (Å²) in [7, 11) is 0. The first-order chi connectivity index (χ1) is 19.3. The molecule has 0 bridgehead atoms. The molecule has 1 fully saturated rings. The lowest BCUT2D eigenvalue weighted by atomic mass is 9.89. The second kappa shape index (κ2) is 12.4. The van der Waals surface area contributed by atoms with Crippen LogP contribution in [0.15, 0.2) is 66.9 Å². The van der Waals surface area contributed by atoms with Crippen molar-refractivity contribution in [2.45, 2.75) is 58.0 Å². The maximum absolute atomic E-state index is 12.5. The number of ether oxygens (including phenoxy) is 3. The van der Waals surface area contributed by atoms with E-state index in [2.05, 4.69) is 34.2 Å². The second-order valence-electron chi connectivity index (χ2n) is 10.9. The predicted molar refractivity (Wildman–Crippen MR) is 158 cm³/mol. The third-order valence-electron chi connectivity index (χ3n) is 7.68. The van der Waals surface area contributed by atoms with E-state index in [1.165, 1.54) is 5.56 Å². The molecule has 1 aromatic heterocycles. The smallest absolute Gasteiger partial charge is 0.349 e. The van der Waals surface area contributed by atoms with Crippen LogP contribution >= 0.6 is 11.6 Å². The van der Waals surface area contributed by atoms with E-state index in [-0.39, 0.29) is 0 Å². The van der Waals surface area contributed by atoms with Crippen LogP contribution in [0.25, 0.3) is 5.57 Å². The highest BCUT2D eigenvalue weighted by Gasteiger charge is 2.33. The highest BCUT2D eigenvalue weighted by molar-refractivity contribution is 6.30. The van der Waals surface area contributed by atoms with Gasteiger partial charge in [-0.3, -0.25) is 0 Å². The Labute approximate surface area is 241 Å². The average Bonchev–Trinajstić information content (AvgIpc) is 3.11. The minimum Gasteiger partial charge on any atom is -0.476 e. The fourth-order valence-electron chi connectivity index (χ4n) is 5.47. The third kappa shape index (κ3) is 6.51. The van der Waals surface area contributed by atoms with Gasteiger partial charge < -0.3 is 19.1 Å². The van der Waals surface area contributed by atoms with Crippen LogP contribution in [-0.2, 0) is 16.0 Å². The second-order valence-corrected chi connectivity index (χ2v) is 11.3. The topological polar surface area (TPSA) is 60.9 Å². The molecule has 0 saturated carbocycles. The van der Waals surface area contributed by atoms with Gasteiger partial charge in [0.05, 0.1) is 6.61 Å². The number of halogens is 1. The van der Waals surface area contributed by atoms with Gasteiger partial charge in [-0.2, -0.15) is 0 Å². The van der Waals surface area contributed by atoms with Gasteiger partial charge in [-0.15, -0.1) is 0 Å². The maximum atomic E-state index is 12.5. The summed E-state index contributed by atoms with van der Waals surface area (Å²) in [5.41, 5.74) is 3.27. The summed E-state index contributed by atoms with van der Waals surface area (Å²) in [5.74, 6) is 2.07. The minimum absolute atomic E-state index is 0.300. The molecule has 40 heavy (non-hydrogen) atoms. The summed E-state index contributed by atoms with van der Waals surface area (Å²) in [5, 5.41) is 0.791. The van der Waals surface area contributed by atoms with E-state index in [1.54, 1.807) is 27.0 Å². The lowest BCUT2D eigenvalue weighted by molar-refractivity contribution is -0.158. The van der Waals surface area contributed by atoms with E-state index in [0.29, 0.717) is 36.3 Å². The van der Waals surface area contributed by atoms with Gasteiger partial charge in [0.25, 0.3) is 0 Å². The van der Waals surface area contributed by atoms with E-state index < -0.39 is 11.6 Å². The number of nitrogens with zero attached hydrogens (tertiary/aromatic N) is 2. The number of aromatic nitrogens is 1. The van der Waals surface area contributed by atoms with Gasteiger partial charge in [0.1, 0.15) is 11.5 Å². The minimum atomic E-state index is -1.13.